The largest absolute Gasteiger partial charge is 0.360 e. The van der Waals surface area contributed by atoms with Crippen molar-refractivity contribution in [3.8, 4) is 6.07 Å². The van der Waals surface area contributed by atoms with Crippen molar-refractivity contribution in [1.29, 1.82) is 5.26 Å². The second-order valence-corrected chi connectivity index (χ2v) is 4.65. The van der Waals surface area contributed by atoms with E-state index in [0.29, 0.717) is 5.56 Å². The first kappa shape index (κ1) is 13.9. The summed E-state index contributed by atoms with van der Waals surface area (Å²) >= 11 is 0. The van der Waals surface area contributed by atoms with E-state index in [9.17, 15) is 5.26 Å². The first-order valence-electron chi connectivity index (χ1n) is 6.71. The first-order valence-corrected chi connectivity index (χ1v) is 6.71. The maximum absolute atomic E-state index is 9.28. The number of hydrogen-bond donors (Lipinski definition) is 1. The highest BCUT2D eigenvalue weighted by Crippen LogP contribution is 2.35. The summed E-state index contributed by atoms with van der Waals surface area (Å²) in [5, 5.41) is 10.3. The van der Waals surface area contributed by atoms with Gasteiger partial charge in [0.15, 0.2) is 0 Å². The minimum atomic E-state index is 0.220. The van der Waals surface area contributed by atoms with Crippen LogP contribution in [0.2, 0.25) is 0 Å². The number of allylic oxidation sites excluding steroid dienone is 4. The van der Waals surface area contributed by atoms with Crippen LogP contribution in [0.25, 0.3) is 10.9 Å². The van der Waals surface area contributed by atoms with Crippen LogP contribution in [-0.2, 0) is 0 Å². The number of fused-ring (bicyclic) bond motifs is 1. The molecular formula is C18H18N2. The standard InChI is InChI=1S/C18H18N2/c1-4-8-13(5-2)15(6-3)16-9-7-10-17-18(16)14(11-19)12-20-17/h4-5,7-10,12,15,20H,1-2,6H2,3H3/b13-8+. The lowest BCUT2D eigenvalue weighted by Crippen LogP contribution is -2.01. The van der Waals surface area contributed by atoms with E-state index in [1.54, 1.807) is 12.3 Å². The first-order chi connectivity index (χ1) is 9.76. The molecule has 1 atom stereocenters. The van der Waals surface area contributed by atoms with Crippen LogP contribution in [0.3, 0.4) is 0 Å². The molecule has 1 heterocycles. The van der Waals surface area contributed by atoms with E-state index >= 15 is 0 Å². The Morgan fingerprint density at radius 2 is 2.25 bits per heavy atom. The van der Waals surface area contributed by atoms with Crippen LogP contribution in [-0.4, -0.2) is 4.98 Å². The average Bonchev–Trinajstić information content (AvgIpc) is 2.90. The minimum Gasteiger partial charge on any atom is -0.360 e. The summed E-state index contributed by atoms with van der Waals surface area (Å²) in [6.07, 6.45) is 8.35. The predicted molar refractivity (Wildman–Crippen MR) is 84.5 cm³/mol. The molecule has 0 amide bonds. The minimum absolute atomic E-state index is 0.220. The summed E-state index contributed by atoms with van der Waals surface area (Å²) in [4.78, 5) is 3.16. The van der Waals surface area contributed by atoms with Crippen LogP contribution in [0, 0.1) is 11.3 Å². The highest BCUT2D eigenvalue weighted by atomic mass is 14.7. The highest BCUT2D eigenvalue weighted by Gasteiger charge is 2.17. The summed E-state index contributed by atoms with van der Waals surface area (Å²) in [6, 6.07) is 8.37. The molecule has 0 bridgehead atoms. The fourth-order valence-electron chi connectivity index (χ4n) is 2.69. The molecule has 2 aromatic rings. The number of nitrogens with one attached hydrogen (secondary N) is 1. The molecule has 0 fully saturated rings. The number of rotatable bonds is 5. The molecule has 100 valence electrons. The van der Waals surface area contributed by atoms with Crippen molar-refractivity contribution < 1.29 is 0 Å². The number of nitriles is 1. The van der Waals surface area contributed by atoms with E-state index in [1.165, 1.54) is 0 Å². The zero-order valence-corrected chi connectivity index (χ0v) is 11.7. The molecule has 0 saturated carbocycles. The van der Waals surface area contributed by atoms with Gasteiger partial charge >= 0.3 is 0 Å². The number of H-pyrrole nitrogens is 1. The molecular weight excluding hydrogens is 244 g/mol. The molecule has 0 saturated heterocycles. The SMILES string of the molecule is C=C/C=C(\C=C)C(CC)c1cccc2[nH]cc(C#N)c12. The molecule has 0 aliphatic rings. The molecule has 20 heavy (non-hydrogen) atoms. The third-order valence-electron chi connectivity index (χ3n) is 3.59. The number of aromatic nitrogens is 1. The normalized spacial score (nSPS) is 12.9. The van der Waals surface area contributed by atoms with Crippen LogP contribution in [0.15, 0.2) is 61.4 Å². The van der Waals surface area contributed by atoms with Crippen LogP contribution in [0.1, 0.15) is 30.4 Å². The van der Waals surface area contributed by atoms with Gasteiger partial charge in [0.1, 0.15) is 6.07 Å². The van der Waals surface area contributed by atoms with Gasteiger partial charge in [0.05, 0.1) is 5.56 Å². The molecule has 1 aromatic heterocycles. The Kier molecular flexibility index (Phi) is 4.22. The summed E-state index contributed by atoms with van der Waals surface area (Å²) in [5.41, 5.74) is 3.98. The third-order valence-corrected chi connectivity index (χ3v) is 3.59. The van der Waals surface area contributed by atoms with Crippen molar-refractivity contribution >= 4 is 10.9 Å². The summed E-state index contributed by atoms with van der Waals surface area (Å²) in [5.74, 6) is 0.220. The van der Waals surface area contributed by atoms with Crippen LogP contribution in [0.4, 0.5) is 0 Å². The van der Waals surface area contributed by atoms with Gasteiger partial charge in [-0.2, -0.15) is 5.26 Å². The Morgan fingerprint density at radius 3 is 2.85 bits per heavy atom. The fraction of sp³-hybridized carbons (Fsp3) is 0.167. The van der Waals surface area contributed by atoms with Gasteiger partial charge in [0, 0.05) is 23.0 Å². The molecule has 1 N–H and O–H groups in total. The van der Waals surface area contributed by atoms with Crippen LogP contribution in [0.5, 0.6) is 0 Å². The monoisotopic (exact) mass is 262 g/mol. The lowest BCUT2D eigenvalue weighted by molar-refractivity contribution is 0.783. The molecule has 0 aliphatic heterocycles. The Balaban J connectivity index is 2.69. The lowest BCUT2D eigenvalue weighted by atomic mass is 9.86. The maximum Gasteiger partial charge on any atom is 0.101 e. The van der Waals surface area contributed by atoms with Gasteiger partial charge in [-0.3, -0.25) is 0 Å². The van der Waals surface area contributed by atoms with E-state index in [2.05, 4.69) is 37.2 Å². The average molecular weight is 262 g/mol. The van der Waals surface area contributed by atoms with Crippen molar-refractivity contribution in [1.82, 2.24) is 4.98 Å². The second-order valence-electron chi connectivity index (χ2n) is 4.65. The number of hydrogen-bond acceptors (Lipinski definition) is 1. The second kappa shape index (κ2) is 6.08. The van der Waals surface area contributed by atoms with Gasteiger partial charge in [-0.15, -0.1) is 0 Å². The van der Waals surface area contributed by atoms with E-state index < -0.39 is 0 Å². The van der Waals surface area contributed by atoms with Crippen molar-refractivity contribution in [3.63, 3.8) is 0 Å². The van der Waals surface area contributed by atoms with Crippen LogP contribution >= 0.6 is 0 Å². The quantitative estimate of drug-likeness (QED) is 0.770. The van der Waals surface area contributed by atoms with Gasteiger partial charge < -0.3 is 4.98 Å². The van der Waals surface area contributed by atoms with E-state index in [0.717, 1.165) is 28.5 Å². The maximum atomic E-state index is 9.28. The molecule has 2 rings (SSSR count). The van der Waals surface area contributed by atoms with Gasteiger partial charge in [-0.25, -0.2) is 0 Å². The molecule has 0 radical (unpaired) electrons. The summed E-state index contributed by atoms with van der Waals surface area (Å²) < 4.78 is 0. The molecule has 2 nitrogen and oxygen atoms in total. The Labute approximate surface area is 119 Å². The van der Waals surface area contributed by atoms with Crippen LogP contribution < -0.4 is 0 Å². The Bertz CT molecular complexity index is 711. The molecule has 0 aliphatic carbocycles. The van der Waals surface area contributed by atoms with Crippen molar-refractivity contribution in [2.24, 2.45) is 0 Å². The Morgan fingerprint density at radius 1 is 1.45 bits per heavy atom. The zero-order valence-electron chi connectivity index (χ0n) is 11.7. The smallest absolute Gasteiger partial charge is 0.101 e. The van der Waals surface area contributed by atoms with E-state index in [-0.39, 0.29) is 5.92 Å². The van der Waals surface area contributed by atoms with Gasteiger partial charge in [0.25, 0.3) is 0 Å². The topological polar surface area (TPSA) is 39.6 Å². The summed E-state index contributed by atoms with van der Waals surface area (Å²) in [6.45, 7) is 9.80. The zero-order chi connectivity index (χ0) is 14.5. The number of aromatic amines is 1. The molecule has 0 spiro atoms. The molecule has 1 unspecified atom stereocenters. The Hall–Kier alpha value is -2.53. The van der Waals surface area contributed by atoms with Gasteiger partial charge in [0.2, 0.25) is 0 Å². The van der Waals surface area contributed by atoms with Gasteiger partial charge in [-0.05, 0) is 23.6 Å². The summed E-state index contributed by atoms with van der Waals surface area (Å²) in [7, 11) is 0. The number of nitrogens with zero attached hydrogens (tertiary/aromatic N) is 1. The van der Waals surface area contributed by atoms with E-state index in [4.69, 9.17) is 0 Å². The third kappa shape index (κ3) is 2.31. The predicted octanol–water partition coefficient (Wildman–Crippen LogP) is 4.83. The molecule has 2 heteroatoms. The van der Waals surface area contributed by atoms with Gasteiger partial charge in [-0.1, -0.05) is 50.4 Å². The van der Waals surface area contributed by atoms with Crippen molar-refractivity contribution in [3.05, 3.63) is 72.5 Å². The van der Waals surface area contributed by atoms with E-state index in [1.807, 2.05) is 24.3 Å². The number of benzene rings is 1. The fourth-order valence-corrected chi connectivity index (χ4v) is 2.69. The van der Waals surface area contributed by atoms with Crippen molar-refractivity contribution in [2.45, 2.75) is 19.3 Å². The lowest BCUT2D eigenvalue weighted by Gasteiger charge is -2.18. The highest BCUT2D eigenvalue weighted by molar-refractivity contribution is 5.89. The molecule has 1 aromatic carbocycles. The van der Waals surface area contributed by atoms with Crippen molar-refractivity contribution in [2.75, 3.05) is 0 Å².